The number of hydrogen-bond donors (Lipinski definition) is 4. The molecule has 0 bridgehead atoms. The first-order valence-electron chi connectivity index (χ1n) is 9.46. The van der Waals surface area contributed by atoms with E-state index in [1.165, 1.54) is 12.1 Å². The molecule has 156 valence electrons. The standard InChI is InChI=1S/C20H24ClN3O4S/c1-2-13-6-3-4-8-16(13)23-20(26)24-17-10-9-15(21)19(18(17)25)29(27,28)14-7-5-11-22-12-14/h3-4,6,8-10,14,22,25H,2,5,7,11-12H2,1H3,(H2,23,24,26). The highest BCUT2D eigenvalue weighted by Gasteiger charge is 2.34. The second-order valence-electron chi connectivity index (χ2n) is 6.88. The molecule has 2 aromatic carbocycles. The van der Waals surface area contributed by atoms with Gasteiger partial charge in [0.25, 0.3) is 0 Å². The monoisotopic (exact) mass is 437 g/mol. The van der Waals surface area contributed by atoms with E-state index < -0.39 is 26.9 Å². The molecule has 9 heteroatoms. The van der Waals surface area contributed by atoms with Gasteiger partial charge in [0.2, 0.25) is 0 Å². The third-order valence-corrected chi connectivity index (χ3v) is 7.64. The zero-order valence-corrected chi connectivity index (χ0v) is 17.6. The minimum absolute atomic E-state index is 0.0248. The molecular formula is C20H24ClN3O4S. The third kappa shape index (κ3) is 4.66. The zero-order chi connectivity index (χ0) is 21.0. The lowest BCUT2D eigenvalue weighted by molar-refractivity contribution is 0.262. The number of benzene rings is 2. The minimum Gasteiger partial charge on any atom is -0.504 e. The van der Waals surface area contributed by atoms with Gasteiger partial charge in [-0.3, -0.25) is 0 Å². The van der Waals surface area contributed by atoms with E-state index in [9.17, 15) is 18.3 Å². The normalized spacial score (nSPS) is 17.0. The minimum atomic E-state index is -3.87. The molecule has 1 atom stereocenters. The molecule has 1 heterocycles. The van der Waals surface area contributed by atoms with Crippen molar-refractivity contribution in [2.45, 2.75) is 36.3 Å². The molecule has 0 saturated carbocycles. The Kier molecular flexibility index (Phi) is 6.66. The van der Waals surface area contributed by atoms with Crippen molar-refractivity contribution in [2.24, 2.45) is 0 Å². The number of aryl methyl sites for hydroxylation is 1. The van der Waals surface area contributed by atoms with E-state index in [0.29, 0.717) is 18.7 Å². The van der Waals surface area contributed by atoms with Gasteiger partial charge in [0.1, 0.15) is 4.90 Å². The highest BCUT2D eigenvalue weighted by molar-refractivity contribution is 7.92. The van der Waals surface area contributed by atoms with E-state index in [-0.39, 0.29) is 15.6 Å². The molecular weight excluding hydrogens is 414 g/mol. The molecule has 1 unspecified atom stereocenters. The molecule has 0 aliphatic carbocycles. The number of halogens is 1. The Bertz CT molecular complexity index is 1000. The summed E-state index contributed by atoms with van der Waals surface area (Å²) in [5.41, 5.74) is 1.57. The van der Waals surface area contributed by atoms with Crippen molar-refractivity contribution in [1.29, 1.82) is 0 Å². The topological polar surface area (TPSA) is 108 Å². The fourth-order valence-electron chi connectivity index (χ4n) is 3.40. The van der Waals surface area contributed by atoms with Gasteiger partial charge in [-0.25, -0.2) is 13.2 Å². The van der Waals surface area contributed by atoms with Crippen LogP contribution < -0.4 is 16.0 Å². The smallest absolute Gasteiger partial charge is 0.323 e. The molecule has 0 radical (unpaired) electrons. The molecule has 1 saturated heterocycles. The largest absolute Gasteiger partial charge is 0.504 e. The lowest BCUT2D eigenvalue weighted by atomic mass is 10.1. The second kappa shape index (κ2) is 9.02. The van der Waals surface area contributed by atoms with Gasteiger partial charge in [-0.1, -0.05) is 36.7 Å². The Hall–Kier alpha value is -2.29. The van der Waals surface area contributed by atoms with E-state index in [1.807, 2.05) is 19.1 Å². The van der Waals surface area contributed by atoms with Gasteiger partial charge in [0, 0.05) is 12.2 Å². The summed E-state index contributed by atoms with van der Waals surface area (Å²) >= 11 is 6.12. The van der Waals surface area contributed by atoms with E-state index in [2.05, 4.69) is 16.0 Å². The van der Waals surface area contributed by atoms with E-state index >= 15 is 0 Å². The number of hydrogen-bond acceptors (Lipinski definition) is 5. The van der Waals surface area contributed by atoms with Crippen molar-refractivity contribution in [3.63, 3.8) is 0 Å². The van der Waals surface area contributed by atoms with Crippen molar-refractivity contribution in [3.8, 4) is 5.75 Å². The third-order valence-electron chi connectivity index (χ3n) is 4.95. The molecule has 2 amide bonds. The summed E-state index contributed by atoms with van der Waals surface area (Å²) in [6.45, 7) is 3.03. The van der Waals surface area contributed by atoms with Crippen LogP contribution in [0.25, 0.3) is 0 Å². The number of aromatic hydroxyl groups is 1. The maximum Gasteiger partial charge on any atom is 0.323 e. The molecule has 0 spiro atoms. The van der Waals surface area contributed by atoms with Gasteiger partial charge in [0.15, 0.2) is 15.6 Å². The number of piperidine rings is 1. The number of anilines is 2. The Morgan fingerprint density at radius 1 is 1.21 bits per heavy atom. The predicted molar refractivity (Wildman–Crippen MR) is 115 cm³/mol. The molecule has 29 heavy (non-hydrogen) atoms. The number of carbonyl (C=O) groups excluding carboxylic acids is 1. The summed E-state index contributed by atoms with van der Waals surface area (Å²) in [6.07, 6.45) is 1.94. The molecule has 2 aromatic rings. The van der Waals surface area contributed by atoms with Crippen molar-refractivity contribution in [1.82, 2.24) is 5.32 Å². The van der Waals surface area contributed by atoms with Crippen LogP contribution in [0.1, 0.15) is 25.3 Å². The molecule has 4 N–H and O–H groups in total. The first kappa shape index (κ1) is 21.4. The second-order valence-corrected chi connectivity index (χ2v) is 9.45. The van der Waals surface area contributed by atoms with Crippen molar-refractivity contribution in [2.75, 3.05) is 23.7 Å². The Morgan fingerprint density at radius 2 is 1.93 bits per heavy atom. The fourth-order valence-corrected chi connectivity index (χ4v) is 5.74. The number of phenols is 1. The number of urea groups is 1. The summed E-state index contributed by atoms with van der Waals surface area (Å²) in [5.74, 6) is -0.554. The van der Waals surface area contributed by atoms with Gasteiger partial charge in [-0.05, 0) is 49.6 Å². The van der Waals surface area contributed by atoms with Crippen molar-refractivity contribution in [3.05, 3.63) is 47.0 Å². The summed E-state index contributed by atoms with van der Waals surface area (Å²) in [5, 5.41) is 18.2. The van der Waals surface area contributed by atoms with Crippen LogP contribution in [0.4, 0.5) is 16.2 Å². The summed E-state index contributed by atoms with van der Waals surface area (Å²) in [4.78, 5) is 12.1. The first-order valence-corrected chi connectivity index (χ1v) is 11.4. The average Bonchev–Trinajstić information content (AvgIpc) is 2.71. The van der Waals surface area contributed by atoms with Crippen molar-refractivity contribution >= 4 is 38.8 Å². The van der Waals surface area contributed by atoms with Gasteiger partial charge in [-0.2, -0.15) is 0 Å². The van der Waals surface area contributed by atoms with Crippen molar-refractivity contribution < 1.29 is 18.3 Å². The van der Waals surface area contributed by atoms with E-state index in [1.54, 1.807) is 12.1 Å². The highest BCUT2D eigenvalue weighted by atomic mass is 35.5. The zero-order valence-electron chi connectivity index (χ0n) is 16.0. The molecule has 1 aliphatic heterocycles. The molecule has 7 nitrogen and oxygen atoms in total. The maximum atomic E-state index is 13.0. The molecule has 1 aliphatic rings. The molecule has 3 rings (SSSR count). The van der Waals surface area contributed by atoms with Gasteiger partial charge in [-0.15, -0.1) is 0 Å². The van der Waals surface area contributed by atoms with Gasteiger partial charge >= 0.3 is 6.03 Å². The average molecular weight is 438 g/mol. The van der Waals surface area contributed by atoms with E-state index in [0.717, 1.165) is 24.9 Å². The number of rotatable bonds is 5. The lowest BCUT2D eigenvalue weighted by Crippen LogP contribution is -2.38. The Balaban J connectivity index is 1.86. The Labute approximate surface area is 175 Å². The fraction of sp³-hybridized carbons (Fsp3) is 0.350. The predicted octanol–water partition coefficient (Wildman–Crippen LogP) is 3.78. The van der Waals surface area contributed by atoms with E-state index in [4.69, 9.17) is 11.6 Å². The number of amides is 2. The maximum absolute atomic E-state index is 13.0. The Morgan fingerprint density at radius 3 is 2.62 bits per heavy atom. The highest BCUT2D eigenvalue weighted by Crippen LogP contribution is 2.39. The SMILES string of the molecule is CCc1ccccc1NC(=O)Nc1ccc(Cl)c(S(=O)(=O)C2CCCNC2)c1O. The van der Waals surface area contributed by atoms with Crippen LogP contribution in [0.3, 0.4) is 0 Å². The number of nitrogens with one attached hydrogen (secondary N) is 3. The van der Waals surface area contributed by atoms with Crippen LogP contribution in [0, 0.1) is 0 Å². The molecule has 0 aromatic heterocycles. The van der Waals surface area contributed by atoms with Crippen LogP contribution in [0.5, 0.6) is 5.75 Å². The van der Waals surface area contributed by atoms with Crippen LogP contribution in [0.15, 0.2) is 41.3 Å². The number of carbonyl (C=O) groups is 1. The van der Waals surface area contributed by atoms with Gasteiger partial charge in [0.05, 0.1) is 16.0 Å². The van der Waals surface area contributed by atoms with Crippen LogP contribution in [0.2, 0.25) is 5.02 Å². The van der Waals surface area contributed by atoms with Crippen LogP contribution in [-0.4, -0.2) is 37.9 Å². The molecule has 1 fully saturated rings. The lowest BCUT2D eigenvalue weighted by Gasteiger charge is -2.24. The summed E-state index contributed by atoms with van der Waals surface area (Å²) in [6, 6.07) is 9.50. The first-order chi connectivity index (χ1) is 13.8. The van der Waals surface area contributed by atoms with Crippen LogP contribution in [-0.2, 0) is 16.3 Å². The quantitative estimate of drug-likeness (QED) is 0.532. The number of para-hydroxylation sites is 1. The summed E-state index contributed by atoms with van der Waals surface area (Å²) < 4.78 is 26.1. The van der Waals surface area contributed by atoms with Gasteiger partial charge < -0.3 is 21.1 Å². The van der Waals surface area contributed by atoms with Crippen LogP contribution >= 0.6 is 11.6 Å². The number of phenolic OH excluding ortho intramolecular Hbond substituents is 1. The summed E-state index contributed by atoms with van der Waals surface area (Å²) in [7, 11) is -3.87. The number of sulfone groups is 1.